The van der Waals surface area contributed by atoms with Gasteiger partial charge in [-0.3, -0.25) is 4.79 Å². The normalized spacial score (nSPS) is 23.9. The van der Waals surface area contributed by atoms with Crippen molar-refractivity contribution in [1.29, 1.82) is 0 Å². The van der Waals surface area contributed by atoms with E-state index >= 15 is 0 Å². The van der Waals surface area contributed by atoms with Crippen LogP contribution in [0.5, 0.6) is 0 Å². The van der Waals surface area contributed by atoms with Crippen LogP contribution in [-0.4, -0.2) is 11.1 Å². The van der Waals surface area contributed by atoms with Crippen LogP contribution in [0, 0.1) is 26.7 Å². The first kappa shape index (κ1) is 10.2. The summed E-state index contributed by atoms with van der Waals surface area (Å²) in [5.74, 6) is -0.551. The van der Waals surface area contributed by atoms with Crippen LogP contribution in [0.4, 0.5) is 0 Å². The maximum Gasteiger partial charge on any atom is 0.307 e. The molecule has 2 unspecified atom stereocenters. The fourth-order valence-electron chi connectivity index (χ4n) is 2.19. The minimum atomic E-state index is -0.655. The molecule has 1 aliphatic carbocycles. The smallest absolute Gasteiger partial charge is 0.307 e. The minimum absolute atomic E-state index is 0.147. The third-order valence-corrected chi connectivity index (χ3v) is 3.61. The van der Waals surface area contributed by atoms with E-state index in [9.17, 15) is 4.79 Å². The van der Waals surface area contributed by atoms with Crippen molar-refractivity contribution < 1.29 is 9.90 Å². The molecule has 1 aliphatic rings. The van der Waals surface area contributed by atoms with Gasteiger partial charge in [-0.05, 0) is 55.4 Å². The van der Waals surface area contributed by atoms with Crippen molar-refractivity contribution in [2.45, 2.75) is 33.1 Å². The second kappa shape index (κ2) is 3.37. The number of carboxylic acids is 1. The molecule has 1 aromatic rings. The molecule has 1 fully saturated rings. The molecule has 2 rings (SSSR count). The average molecular weight is 204 g/mol. The number of carboxylic acid groups (broad SMARTS) is 1. The Morgan fingerprint density at radius 2 is 1.93 bits per heavy atom. The van der Waals surface area contributed by atoms with Gasteiger partial charge < -0.3 is 5.11 Å². The summed E-state index contributed by atoms with van der Waals surface area (Å²) in [6, 6.07) is 4.18. The molecule has 0 spiro atoms. The van der Waals surface area contributed by atoms with Crippen LogP contribution >= 0.6 is 0 Å². The lowest BCUT2D eigenvalue weighted by atomic mass is 9.95. The van der Waals surface area contributed by atoms with Gasteiger partial charge in [-0.25, -0.2) is 0 Å². The maximum atomic E-state index is 10.8. The number of benzene rings is 1. The number of rotatable bonds is 2. The van der Waals surface area contributed by atoms with Crippen molar-refractivity contribution in [3.63, 3.8) is 0 Å². The summed E-state index contributed by atoms with van der Waals surface area (Å²) in [5.41, 5.74) is 5.07. The van der Waals surface area contributed by atoms with Gasteiger partial charge >= 0.3 is 5.97 Å². The predicted molar refractivity (Wildman–Crippen MR) is 59.1 cm³/mol. The van der Waals surface area contributed by atoms with Crippen molar-refractivity contribution >= 4 is 5.97 Å². The second-order valence-corrected chi connectivity index (χ2v) is 4.51. The Morgan fingerprint density at radius 3 is 2.47 bits per heavy atom. The number of carbonyl (C=O) groups is 1. The first-order chi connectivity index (χ1) is 7.02. The molecule has 1 saturated carbocycles. The fraction of sp³-hybridized carbons (Fsp3) is 0.462. The van der Waals surface area contributed by atoms with Gasteiger partial charge in [-0.1, -0.05) is 12.1 Å². The lowest BCUT2D eigenvalue weighted by Gasteiger charge is -2.10. The van der Waals surface area contributed by atoms with E-state index < -0.39 is 5.97 Å². The Morgan fingerprint density at radius 1 is 1.27 bits per heavy atom. The summed E-state index contributed by atoms with van der Waals surface area (Å²) in [7, 11) is 0. The molecule has 0 bridgehead atoms. The molecule has 0 aromatic heterocycles. The highest BCUT2D eigenvalue weighted by Crippen LogP contribution is 2.49. The van der Waals surface area contributed by atoms with Crippen LogP contribution in [0.25, 0.3) is 0 Å². The van der Waals surface area contributed by atoms with Crippen molar-refractivity contribution in [2.24, 2.45) is 5.92 Å². The molecule has 1 aromatic carbocycles. The molecule has 15 heavy (non-hydrogen) atoms. The Balaban J connectivity index is 2.32. The van der Waals surface area contributed by atoms with E-state index in [-0.39, 0.29) is 11.8 Å². The molecule has 80 valence electrons. The van der Waals surface area contributed by atoms with Crippen LogP contribution in [0.15, 0.2) is 12.1 Å². The summed E-state index contributed by atoms with van der Waals surface area (Å²) in [6.07, 6.45) is 0.804. The van der Waals surface area contributed by atoms with Crippen LogP contribution in [0.2, 0.25) is 0 Å². The molecule has 2 atom stereocenters. The summed E-state index contributed by atoms with van der Waals surface area (Å²) in [4.78, 5) is 10.8. The predicted octanol–water partition coefficient (Wildman–Crippen LogP) is 2.80. The molecule has 2 nitrogen and oxygen atoms in total. The molecule has 0 amide bonds. The molecule has 0 heterocycles. The molecule has 1 N–H and O–H groups in total. The van der Waals surface area contributed by atoms with Crippen LogP contribution in [0.3, 0.4) is 0 Å². The third kappa shape index (κ3) is 1.65. The van der Waals surface area contributed by atoms with Crippen LogP contribution < -0.4 is 0 Å². The molecular weight excluding hydrogens is 188 g/mol. The lowest BCUT2D eigenvalue weighted by Crippen LogP contribution is -2.01. The van der Waals surface area contributed by atoms with Gasteiger partial charge in [-0.15, -0.1) is 0 Å². The second-order valence-electron chi connectivity index (χ2n) is 4.51. The van der Waals surface area contributed by atoms with Crippen molar-refractivity contribution in [1.82, 2.24) is 0 Å². The largest absolute Gasteiger partial charge is 0.481 e. The highest BCUT2D eigenvalue weighted by molar-refractivity contribution is 5.75. The highest BCUT2D eigenvalue weighted by atomic mass is 16.4. The summed E-state index contributed by atoms with van der Waals surface area (Å²) >= 11 is 0. The van der Waals surface area contributed by atoms with Gasteiger partial charge in [0.25, 0.3) is 0 Å². The molecule has 0 radical (unpaired) electrons. The summed E-state index contributed by atoms with van der Waals surface area (Å²) < 4.78 is 0. The van der Waals surface area contributed by atoms with Crippen molar-refractivity contribution in [3.8, 4) is 0 Å². The lowest BCUT2D eigenvalue weighted by molar-refractivity contribution is -0.138. The number of aliphatic carboxylic acids is 1. The topological polar surface area (TPSA) is 37.3 Å². The number of aryl methyl sites for hydroxylation is 1. The van der Waals surface area contributed by atoms with E-state index in [1.54, 1.807) is 0 Å². The van der Waals surface area contributed by atoms with E-state index in [1.807, 2.05) is 0 Å². The first-order valence-corrected chi connectivity index (χ1v) is 5.32. The fourth-order valence-corrected chi connectivity index (χ4v) is 2.19. The number of hydrogen-bond donors (Lipinski definition) is 1. The third-order valence-electron chi connectivity index (χ3n) is 3.61. The minimum Gasteiger partial charge on any atom is -0.481 e. The summed E-state index contributed by atoms with van der Waals surface area (Å²) in [6.45, 7) is 6.29. The Bertz CT molecular complexity index is 421. The molecular formula is C13H16O2. The maximum absolute atomic E-state index is 10.8. The van der Waals surface area contributed by atoms with E-state index in [1.165, 1.54) is 22.3 Å². The van der Waals surface area contributed by atoms with E-state index in [2.05, 4.69) is 32.9 Å². The monoisotopic (exact) mass is 204 g/mol. The van der Waals surface area contributed by atoms with E-state index in [4.69, 9.17) is 5.11 Å². The quantitative estimate of drug-likeness (QED) is 0.804. The zero-order valence-corrected chi connectivity index (χ0v) is 9.37. The highest BCUT2D eigenvalue weighted by Gasteiger charge is 2.44. The SMILES string of the molecule is Cc1ccc(C2CC2C(=O)O)c(C)c1C. The standard InChI is InChI=1S/C13H16O2/c1-7-4-5-10(9(3)8(7)2)11-6-12(11)13(14)15/h4-5,11-12H,6H2,1-3H3,(H,14,15). The van der Waals surface area contributed by atoms with Gasteiger partial charge in [0.1, 0.15) is 0 Å². The van der Waals surface area contributed by atoms with Gasteiger partial charge in [0.05, 0.1) is 5.92 Å². The van der Waals surface area contributed by atoms with Gasteiger partial charge in [0, 0.05) is 0 Å². The average Bonchev–Trinajstić information content (AvgIpc) is 2.94. The van der Waals surface area contributed by atoms with E-state index in [0.29, 0.717) is 0 Å². The first-order valence-electron chi connectivity index (χ1n) is 5.32. The Labute approximate surface area is 89.9 Å². The van der Waals surface area contributed by atoms with Gasteiger partial charge in [0.2, 0.25) is 0 Å². The summed E-state index contributed by atoms with van der Waals surface area (Å²) in [5, 5.41) is 8.90. The van der Waals surface area contributed by atoms with Crippen molar-refractivity contribution in [2.75, 3.05) is 0 Å². The van der Waals surface area contributed by atoms with Crippen molar-refractivity contribution in [3.05, 3.63) is 34.4 Å². The van der Waals surface area contributed by atoms with Crippen LogP contribution in [-0.2, 0) is 4.79 Å². The van der Waals surface area contributed by atoms with E-state index in [0.717, 1.165) is 6.42 Å². The molecule has 0 saturated heterocycles. The Hall–Kier alpha value is -1.31. The molecule has 0 aliphatic heterocycles. The molecule has 2 heteroatoms. The Kier molecular flexibility index (Phi) is 2.29. The zero-order chi connectivity index (χ0) is 11.2. The number of hydrogen-bond acceptors (Lipinski definition) is 1. The van der Waals surface area contributed by atoms with Gasteiger partial charge in [-0.2, -0.15) is 0 Å². The van der Waals surface area contributed by atoms with Gasteiger partial charge in [0.15, 0.2) is 0 Å². The van der Waals surface area contributed by atoms with Crippen LogP contribution in [0.1, 0.15) is 34.6 Å². The zero-order valence-electron chi connectivity index (χ0n) is 9.37.